The van der Waals surface area contributed by atoms with Crippen molar-refractivity contribution in [2.45, 2.75) is 72.1 Å². The van der Waals surface area contributed by atoms with Gasteiger partial charge in [0.15, 0.2) is 0 Å². The molecule has 0 fully saturated rings. The van der Waals surface area contributed by atoms with Gasteiger partial charge in [0.25, 0.3) is 0 Å². The first kappa shape index (κ1) is 31.1. The van der Waals surface area contributed by atoms with Crippen LogP contribution in [0.1, 0.15) is 89.0 Å². The molecule has 0 aliphatic carbocycles. The van der Waals surface area contributed by atoms with Gasteiger partial charge in [0.05, 0.1) is 16.7 Å². The third-order valence-electron chi connectivity index (χ3n) is 10.3. The summed E-state index contributed by atoms with van der Waals surface area (Å²) >= 11 is 0. The van der Waals surface area contributed by atoms with Crippen molar-refractivity contribution in [1.82, 2.24) is 14.5 Å². The van der Waals surface area contributed by atoms with Gasteiger partial charge in [-0.1, -0.05) is 90.1 Å². The molecule has 8 rings (SSSR count). The predicted molar refractivity (Wildman–Crippen MR) is 206 cm³/mol. The second kappa shape index (κ2) is 12.3. The zero-order valence-corrected chi connectivity index (χ0v) is 29.3. The van der Waals surface area contributed by atoms with Crippen LogP contribution in [0.2, 0.25) is 0 Å². The Labute approximate surface area is 288 Å². The first-order chi connectivity index (χ1) is 23.8. The van der Waals surface area contributed by atoms with Crippen LogP contribution in [0, 0.1) is 0 Å². The largest absolute Gasteiger partial charge is 0.438 e. The molecular weight excluding hydrogens is 599 g/mol. The van der Waals surface area contributed by atoms with Crippen molar-refractivity contribution < 1.29 is 4.42 Å². The van der Waals surface area contributed by atoms with Gasteiger partial charge < -0.3 is 4.42 Å². The summed E-state index contributed by atoms with van der Waals surface area (Å²) in [4.78, 5) is 10.3. The second-order valence-corrected chi connectivity index (χ2v) is 14.0. The molecule has 4 heteroatoms. The summed E-state index contributed by atoms with van der Waals surface area (Å²) in [6.45, 7) is 13.7. The van der Waals surface area contributed by atoms with Gasteiger partial charge in [-0.25, -0.2) is 9.97 Å². The minimum atomic E-state index is 0.289. The molecule has 0 aliphatic rings. The average Bonchev–Trinajstić information content (AvgIpc) is 3.69. The molecule has 0 radical (unpaired) electrons. The highest BCUT2D eigenvalue weighted by molar-refractivity contribution is 6.05. The van der Waals surface area contributed by atoms with Crippen LogP contribution in [-0.2, 0) is 0 Å². The van der Waals surface area contributed by atoms with Crippen molar-refractivity contribution in [1.29, 1.82) is 0 Å². The first-order valence-corrected chi connectivity index (χ1v) is 17.8. The fraction of sp³-hybridized carbons (Fsp3) is 0.244. The lowest BCUT2D eigenvalue weighted by molar-refractivity contribution is 0.608. The van der Waals surface area contributed by atoms with Gasteiger partial charge in [-0.3, -0.25) is 4.57 Å². The molecule has 244 valence electrons. The number of para-hydroxylation sites is 2. The first-order valence-electron chi connectivity index (χ1n) is 17.8. The summed E-state index contributed by atoms with van der Waals surface area (Å²) in [5, 5.41) is 4.62. The standard InChI is InChI=1S/C45H43N3O/c1-7-29(8-2)39-21-20-35-38-24-33(19-22-42(38)49-45(35)47-39)44-46-40-15-11-12-16-41(40)48(44)43-36(27(3)4)25-34(26-37(43)28(5)6)32-18-17-30-13-9-10-14-31(30)23-32/h9-29H,7-8H2,1-6H3. The molecule has 0 aliphatic heterocycles. The Hall–Kier alpha value is -5.22. The van der Waals surface area contributed by atoms with E-state index < -0.39 is 0 Å². The molecule has 49 heavy (non-hydrogen) atoms. The molecule has 3 heterocycles. The number of aromatic nitrogens is 3. The molecule has 8 aromatic rings. The minimum absolute atomic E-state index is 0.289. The van der Waals surface area contributed by atoms with Gasteiger partial charge in [0, 0.05) is 27.9 Å². The molecule has 0 amide bonds. The van der Waals surface area contributed by atoms with Crippen molar-refractivity contribution in [3.63, 3.8) is 0 Å². The smallest absolute Gasteiger partial charge is 0.227 e. The van der Waals surface area contributed by atoms with Gasteiger partial charge >= 0.3 is 0 Å². The Bertz CT molecular complexity index is 2460. The number of nitrogens with zero attached hydrogens (tertiary/aromatic N) is 3. The molecule has 4 nitrogen and oxygen atoms in total. The molecular formula is C45H43N3O. The fourth-order valence-corrected chi connectivity index (χ4v) is 7.54. The van der Waals surface area contributed by atoms with Crippen LogP contribution in [0.3, 0.4) is 0 Å². The van der Waals surface area contributed by atoms with Crippen molar-refractivity contribution in [2.24, 2.45) is 0 Å². The molecule has 0 atom stereocenters. The molecule has 0 saturated heterocycles. The Morgan fingerprint density at radius 2 is 1.31 bits per heavy atom. The van der Waals surface area contributed by atoms with Crippen molar-refractivity contribution in [3.8, 4) is 28.2 Å². The quantitative estimate of drug-likeness (QED) is 0.166. The van der Waals surface area contributed by atoms with E-state index in [4.69, 9.17) is 14.4 Å². The SMILES string of the molecule is CCC(CC)c1ccc2c(n1)oc1ccc(-c3nc4ccccc4n3-c3c(C(C)C)cc(-c4ccc5ccccc5c4)cc3C(C)C)cc12. The van der Waals surface area contributed by atoms with Crippen LogP contribution in [0.5, 0.6) is 0 Å². The van der Waals surface area contributed by atoms with Gasteiger partial charge in [-0.15, -0.1) is 0 Å². The number of hydrogen-bond donors (Lipinski definition) is 0. The van der Waals surface area contributed by atoms with Crippen molar-refractivity contribution in [2.75, 3.05) is 0 Å². The lowest BCUT2D eigenvalue weighted by Crippen LogP contribution is -2.09. The van der Waals surface area contributed by atoms with E-state index in [1.54, 1.807) is 0 Å². The number of pyridine rings is 1. The number of imidazole rings is 1. The maximum Gasteiger partial charge on any atom is 0.227 e. The van der Waals surface area contributed by atoms with Gasteiger partial charge in [0.1, 0.15) is 11.4 Å². The summed E-state index contributed by atoms with van der Waals surface area (Å²) in [5.41, 5.74) is 12.1. The Morgan fingerprint density at radius 3 is 2.04 bits per heavy atom. The molecule has 5 aromatic carbocycles. The zero-order valence-electron chi connectivity index (χ0n) is 29.3. The highest BCUT2D eigenvalue weighted by Crippen LogP contribution is 2.41. The average molecular weight is 642 g/mol. The molecule has 0 bridgehead atoms. The van der Waals surface area contributed by atoms with Crippen molar-refractivity contribution in [3.05, 3.63) is 126 Å². The van der Waals surface area contributed by atoms with Crippen LogP contribution in [0.25, 0.3) is 72.1 Å². The Morgan fingerprint density at radius 1 is 0.612 bits per heavy atom. The molecule has 3 aromatic heterocycles. The van der Waals surface area contributed by atoms with Crippen LogP contribution in [0.4, 0.5) is 0 Å². The highest BCUT2D eigenvalue weighted by Gasteiger charge is 2.24. The Balaban J connectivity index is 1.35. The summed E-state index contributed by atoms with van der Waals surface area (Å²) in [5.74, 6) is 1.95. The zero-order chi connectivity index (χ0) is 33.8. The van der Waals surface area contributed by atoms with Gasteiger partial charge in [0.2, 0.25) is 5.71 Å². The van der Waals surface area contributed by atoms with Crippen LogP contribution < -0.4 is 0 Å². The summed E-state index contributed by atoms with van der Waals surface area (Å²) in [6.07, 6.45) is 2.13. The normalized spacial score (nSPS) is 12.2. The predicted octanol–water partition coefficient (Wildman–Crippen LogP) is 13.0. The summed E-state index contributed by atoms with van der Waals surface area (Å²) in [6, 6.07) is 39.6. The van der Waals surface area contributed by atoms with Gasteiger partial charge in [-0.2, -0.15) is 0 Å². The maximum atomic E-state index is 6.34. The second-order valence-electron chi connectivity index (χ2n) is 14.0. The fourth-order valence-electron chi connectivity index (χ4n) is 7.54. The molecule has 0 saturated carbocycles. The third-order valence-corrected chi connectivity index (χ3v) is 10.3. The van der Waals surface area contributed by atoms with Crippen LogP contribution >= 0.6 is 0 Å². The molecule has 0 N–H and O–H groups in total. The maximum absolute atomic E-state index is 6.34. The lowest BCUT2D eigenvalue weighted by atomic mass is 9.87. The van der Waals surface area contributed by atoms with Gasteiger partial charge in [-0.05, 0) is 118 Å². The van der Waals surface area contributed by atoms with Crippen molar-refractivity contribution >= 4 is 43.9 Å². The van der Waals surface area contributed by atoms with E-state index in [0.717, 1.165) is 57.3 Å². The topological polar surface area (TPSA) is 43.9 Å². The number of fused-ring (bicyclic) bond motifs is 5. The van der Waals surface area contributed by atoms with E-state index in [2.05, 4.69) is 155 Å². The summed E-state index contributed by atoms with van der Waals surface area (Å²) < 4.78 is 8.76. The molecule has 0 spiro atoms. The number of rotatable bonds is 8. The number of hydrogen-bond acceptors (Lipinski definition) is 3. The molecule has 0 unspecified atom stereocenters. The monoisotopic (exact) mass is 641 g/mol. The highest BCUT2D eigenvalue weighted by atomic mass is 16.3. The van der Waals surface area contributed by atoms with E-state index in [1.165, 1.54) is 38.7 Å². The van der Waals surface area contributed by atoms with E-state index in [0.29, 0.717) is 11.6 Å². The van der Waals surface area contributed by atoms with E-state index >= 15 is 0 Å². The summed E-state index contributed by atoms with van der Waals surface area (Å²) in [7, 11) is 0. The lowest BCUT2D eigenvalue weighted by Gasteiger charge is -2.24. The number of benzene rings is 5. The third kappa shape index (κ3) is 5.31. The van der Waals surface area contributed by atoms with Crippen LogP contribution in [-0.4, -0.2) is 14.5 Å². The van der Waals surface area contributed by atoms with Crippen LogP contribution in [0.15, 0.2) is 114 Å². The van der Waals surface area contributed by atoms with E-state index in [9.17, 15) is 0 Å². The van der Waals surface area contributed by atoms with E-state index in [-0.39, 0.29) is 11.8 Å². The van der Waals surface area contributed by atoms with E-state index in [1.807, 2.05) is 0 Å². The Kier molecular flexibility index (Phi) is 7.83. The minimum Gasteiger partial charge on any atom is -0.438 e. The number of furan rings is 1.